The standard InChI is InChI=1S/C21H41N5O.HI/c1-5-22-21(24-20-8-12-26(13-9-20)17-18(2)3)23-16-19-6-10-25(11-7-19)14-15-27-4;/h19-20H,2,5-17H2,1,3-4H3,(H2,22,23,24);1H. The van der Waals surface area contributed by atoms with Crippen molar-refractivity contribution in [2.75, 3.05) is 66.1 Å². The molecule has 0 atom stereocenters. The van der Waals surface area contributed by atoms with Crippen LogP contribution in [-0.4, -0.2) is 87.9 Å². The Morgan fingerprint density at radius 3 is 2.32 bits per heavy atom. The molecule has 2 N–H and O–H groups in total. The summed E-state index contributed by atoms with van der Waals surface area (Å²) >= 11 is 0. The second-order valence-electron chi connectivity index (χ2n) is 8.15. The molecule has 0 bridgehead atoms. The van der Waals surface area contributed by atoms with Gasteiger partial charge in [-0.3, -0.25) is 9.89 Å². The van der Waals surface area contributed by atoms with Crippen molar-refractivity contribution >= 4 is 29.9 Å². The van der Waals surface area contributed by atoms with Crippen LogP contribution in [0.15, 0.2) is 17.1 Å². The molecule has 0 aromatic carbocycles. The van der Waals surface area contributed by atoms with Gasteiger partial charge in [-0.2, -0.15) is 0 Å². The number of guanidine groups is 1. The molecule has 2 saturated heterocycles. The lowest BCUT2D eigenvalue weighted by Gasteiger charge is -2.33. The van der Waals surface area contributed by atoms with E-state index in [9.17, 15) is 0 Å². The van der Waals surface area contributed by atoms with Crippen LogP contribution in [0.2, 0.25) is 0 Å². The number of rotatable bonds is 9. The van der Waals surface area contributed by atoms with Crippen molar-refractivity contribution in [3.8, 4) is 0 Å². The van der Waals surface area contributed by atoms with Crippen LogP contribution in [0.3, 0.4) is 0 Å². The second-order valence-corrected chi connectivity index (χ2v) is 8.15. The van der Waals surface area contributed by atoms with E-state index >= 15 is 0 Å². The monoisotopic (exact) mass is 507 g/mol. The maximum atomic E-state index is 5.19. The highest BCUT2D eigenvalue weighted by molar-refractivity contribution is 14.0. The number of halogens is 1. The lowest BCUT2D eigenvalue weighted by atomic mass is 9.97. The minimum absolute atomic E-state index is 0. The van der Waals surface area contributed by atoms with E-state index in [-0.39, 0.29) is 24.0 Å². The first-order valence-electron chi connectivity index (χ1n) is 10.7. The molecule has 7 heteroatoms. The summed E-state index contributed by atoms with van der Waals surface area (Å²) < 4.78 is 5.19. The fourth-order valence-electron chi connectivity index (χ4n) is 3.96. The van der Waals surface area contributed by atoms with Gasteiger partial charge in [0, 0.05) is 52.4 Å². The van der Waals surface area contributed by atoms with Crippen molar-refractivity contribution in [1.29, 1.82) is 0 Å². The predicted molar refractivity (Wildman–Crippen MR) is 130 cm³/mol. The fraction of sp³-hybridized carbons (Fsp3) is 0.857. The summed E-state index contributed by atoms with van der Waals surface area (Å²) in [6, 6.07) is 0.528. The Kier molecular flexibility index (Phi) is 13.4. The SMILES string of the molecule is C=C(C)CN1CCC(NC(=NCC2CCN(CCOC)CC2)NCC)CC1.I. The van der Waals surface area contributed by atoms with E-state index < -0.39 is 0 Å². The summed E-state index contributed by atoms with van der Waals surface area (Å²) in [6.07, 6.45) is 4.84. The Labute approximate surface area is 189 Å². The molecular weight excluding hydrogens is 465 g/mol. The average Bonchev–Trinajstić information content (AvgIpc) is 2.66. The van der Waals surface area contributed by atoms with Gasteiger partial charge in [0.1, 0.15) is 0 Å². The zero-order chi connectivity index (χ0) is 19.5. The van der Waals surface area contributed by atoms with Gasteiger partial charge < -0.3 is 20.3 Å². The van der Waals surface area contributed by atoms with Crippen LogP contribution >= 0.6 is 24.0 Å². The number of nitrogens with one attached hydrogen (secondary N) is 2. The largest absolute Gasteiger partial charge is 0.383 e. The van der Waals surface area contributed by atoms with Crippen molar-refractivity contribution in [3.05, 3.63) is 12.2 Å². The van der Waals surface area contributed by atoms with Crippen molar-refractivity contribution in [2.24, 2.45) is 10.9 Å². The number of nitrogens with zero attached hydrogens (tertiary/aromatic N) is 3. The van der Waals surface area contributed by atoms with E-state index in [0.29, 0.717) is 12.0 Å². The van der Waals surface area contributed by atoms with Crippen molar-refractivity contribution in [3.63, 3.8) is 0 Å². The van der Waals surface area contributed by atoms with Crippen LogP contribution in [0.5, 0.6) is 0 Å². The third-order valence-corrected chi connectivity index (χ3v) is 5.59. The molecule has 0 saturated carbocycles. The number of hydrogen-bond donors (Lipinski definition) is 2. The van der Waals surface area contributed by atoms with E-state index in [2.05, 4.69) is 40.9 Å². The van der Waals surface area contributed by atoms with Gasteiger partial charge in [-0.25, -0.2) is 0 Å². The molecular formula is C21H42IN5O. The molecule has 164 valence electrons. The maximum absolute atomic E-state index is 5.19. The Hall–Kier alpha value is -0.380. The van der Waals surface area contributed by atoms with Gasteiger partial charge in [-0.1, -0.05) is 12.2 Å². The first kappa shape index (κ1) is 25.7. The highest BCUT2D eigenvalue weighted by Gasteiger charge is 2.21. The molecule has 0 aliphatic carbocycles. The minimum atomic E-state index is 0. The van der Waals surface area contributed by atoms with Crippen LogP contribution in [0.1, 0.15) is 39.5 Å². The molecule has 2 fully saturated rings. The van der Waals surface area contributed by atoms with Crippen molar-refractivity contribution in [2.45, 2.75) is 45.6 Å². The third kappa shape index (κ3) is 9.89. The first-order valence-corrected chi connectivity index (χ1v) is 10.7. The Bertz CT molecular complexity index is 458. The van der Waals surface area contributed by atoms with Crippen LogP contribution in [0, 0.1) is 5.92 Å². The summed E-state index contributed by atoms with van der Waals surface area (Å²) in [5.41, 5.74) is 1.25. The molecule has 2 heterocycles. The Morgan fingerprint density at radius 2 is 1.75 bits per heavy atom. The summed E-state index contributed by atoms with van der Waals surface area (Å²) in [5, 5.41) is 7.10. The summed E-state index contributed by atoms with van der Waals surface area (Å²) in [6.45, 7) is 17.7. The Balaban J connectivity index is 0.00000392. The average molecular weight is 508 g/mol. The molecule has 2 rings (SSSR count). The van der Waals surface area contributed by atoms with Crippen LogP contribution in [0.4, 0.5) is 0 Å². The van der Waals surface area contributed by atoms with Gasteiger partial charge in [0.25, 0.3) is 0 Å². The number of piperidine rings is 2. The van der Waals surface area contributed by atoms with E-state index in [1.54, 1.807) is 7.11 Å². The molecule has 0 aromatic heterocycles. The molecule has 6 nitrogen and oxygen atoms in total. The topological polar surface area (TPSA) is 52.1 Å². The van der Waals surface area contributed by atoms with Crippen molar-refractivity contribution in [1.82, 2.24) is 20.4 Å². The van der Waals surface area contributed by atoms with Gasteiger partial charge in [0.2, 0.25) is 0 Å². The number of methoxy groups -OCH3 is 1. The molecule has 2 aliphatic heterocycles. The van der Waals surface area contributed by atoms with Gasteiger partial charge in [-0.15, -0.1) is 24.0 Å². The van der Waals surface area contributed by atoms with Crippen molar-refractivity contribution < 1.29 is 4.74 Å². The highest BCUT2D eigenvalue weighted by Crippen LogP contribution is 2.17. The first-order chi connectivity index (χ1) is 13.1. The van der Waals surface area contributed by atoms with Gasteiger partial charge in [-0.05, 0) is 58.5 Å². The summed E-state index contributed by atoms with van der Waals surface area (Å²) in [4.78, 5) is 9.92. The van der Waals surface area contributed by atoms with Crippen LogP contribution in [0.25, 0.3) is 0 Å². The molecule has 0 spiro atoms. The third-order valence-electron chi connectivity index (χ3n) is 5.59. The Morgan fingerprint density at radius 1 is 1.11 bits per heavy atom. The number of likely N-dealkylation sites (tertiary alicyclic amines) is 2. The number of hydrogen-bond acceptors (Lipinski definition) is 4. The van der Waals surface area contributed by atoms with Crippen LogP contribution < -0.4 is 10.6 Å². The number of ether oxygens (including phenoxy) is 1. The molecule has 2 aliphatic rings. The normalized spacial score (nSPS) is 20.6. The molecule has 0 aromatic rings. The molecule has 0 amide bonds. The van der Waals surface area contributed by atoms with Crippen LogP contribution in [-0.2, 0) is 4.74 Å². The van der Waals surface area contributed by atoms with E-state index in [1.165, 1.54) is 44.3 Å². The van der Waals surface area contributed by atoms with Gasteiger partial charge in [0.15, 0.2) is 5.96 Å². The molecule has 28 heavy (non-hydrogen) atoms. The fourth-order valence-corrected chi connectivity index (χ4v) is 3.96. The maximum Gasteiger partial charge on any atom is 0.191 e. The van der Waals surface area contributed by atoms with Gasteiger partial charge >= 0.3 is 0 Å². The van der Waals surface area contributed by atoms with E-state index in [1.807, 2.05) is 0 Å². The van der Waals surface area contributed by atoms with E-state index in [0.717, 1.165) is 51.8 Å². The number of aliphatic imine (C=N–C) groups is 1. The zero-order valence-corrected chi connectivity index (χ0v) is 20.5. The molecule has 0 radical (unpaired) electrons. The van der Waals surface area contributed by atoms with Gasteiger partial charge in [0.05, 0.1) is 6.61 Å². The minimum Gasteiger partial charge on any atom is -0.383 e. The lowest BCUT2D eigenvalue weighted by Crippen LogP contribution is -2.49. The molecule has 0 unspecified atom stereocenters. The van der Waals surface area contributed by atoms with E-state index in [4.69, 9.17) is 9.73 Å². The summed E-state index contributed by atoms with van der Waals surface area (Å²) in [7, 11) is 1.78. The smallest absolute Gasteiger partial charge is 0.191 e. The summed E-state index contributed by atoms with van der Waals surface area (Å²) in [5.74, 6) is 1.70. The zero-order valence-electron chi connectivity index (χ0n) is 18.2. The quantitative estimate of drug-likeness (QED) is 0.218. The predicted octanol–water partition coefficient (Wildman–Crippen LogP) is 2.56. The second kappa shape index (κ2) is 14.6. The highest BCUT2D eigenvalue weighted by atomic mass is 127. The lowest BCUT2D eigenvalue weighted by molar-refractivity contribution is 0.121.